The Morgan fingerprint density at radius 1 is 0.449 bits per heavy atom. The minimum atomic E-state index is -0.293. The molecule has 0 saturated heterocycles. The summed E-state index contributed by atoms with van der Waals surface area (Å²) >= 11 is 0. The van der Waals surface area contributed by atoms with Crippen molar-refractivity contribution in [3.8, 4) is 0 Å². The van der Waals surface area contributed by atoms with E-state index >= 15 is 8.78 Å². The number of nitrogens with zero attached hydrogens (tertiary/aromatic N) is 2. The molecule has 9 rings (SSSR count). The van der Waals surface area contributed by atoms with Crippen LogP contribution >= 0.6 is 0 Å². The molecule has 1 aliphatic rings. The number of halogens is 2. The van der Waals surface area contributed by atoms with E-state index in [0.717, 1.165) is 72.7 Å². The highest BCUT2D eigenvalue weighted by atomic mass is 19.1. The van der Waals surface area contributed by atoms with Crippen LogP contribution in [0.25, 0.3) is 43.5 Å². The predicted molar refractivity (Wildman–Crippen MR) is 198 cm³/mol. The molecular formula is C44H30F2N2O. The SMILES string of the molecule is FC1=CCCC=C1N(c1ccccc1)c1ccc2cc3c(cc2c1)oc1cc2cc(N(c4ccccc4)c4ccccc4F)ccc2cc13. The third kappa shape index (κ3) is 5.11. The quantitative estimate of drug-likeness (QED) is 0.180. The monoisotopic (exact) mass is 640 g/mol. The van der Waals surface area contributed by atoms with Crippen molar-refractivity contribution >= 4 is 71.9 Å². The molecule has 0 amide bonds. The number of benzene rings is 7. The maximum Gasteiger partial charge on any atom is 0.147 e. The molecule has 0 N–H and O–H groups in total. The lowest BCUT2D eigenvalue weighted by molar-refractivity contribution is 0.628. The number of anilines is 5. The molecule has 236 valence electrons. The molecule has 1 aromatic heterocycles. The van der Waals surface area contributed by atoms with Crippen LogP contribution in [0.2, 0.25) is 0 Å². The Bertz CT molecular complexity index is 2590. The lowest BCUT2D eigenvalue weighted by atomic mass is 10.0. The van der Waals surface area contributed by atoms with Crippen molar-refractivity contribution < 1.29 is 13.2 Å². The fourth-order valence-electron chi connectivity index (χ4n) is 6.99. The third-order valence-electron chi connectivity index (χ3n) is 9.31. The first-order chi connectivity index (χ1) is 24.1. The minimum absolute atomic E-state index is 0.209. The zero-order chi connectivity index (χ0) is 32.9. The Kier molecular flexibility index (Phi) is 6.98. The van der Waals surface area contributed by atoms with Crippen LogP contribution in [0.15, 0.2) is 174 Å². The van der Waals surface area contributed by atoms with Crippen LogP contribution < -0.4 is 9.80 Å². The maximum atomic E-state index is 15.2. The van der Waals surface area contributed by atoms with Crippen LogP contribution in [-0.2, 0) is 0 Å². The van der Waals surface area contributed by atoms with Crippen molar-refractivity contribution in [3.63, 3.8) is 0 Å². The van der Waals surface area contributed by atoms with Crippen molar-refractivity contribution in [1.82, 2.24) is 0 Å². The minimum Gasteiger partial charge on any atom is -0.456 e. The van der Waals surface area contributed by atoms with Gasteiger partial charge in [-0.05, 0) is 125 Å². The van der Waals surface area contributed by atoms with Crippen LogP contribution in [0.5, 0.6) is 0 Å². The van der Waals surface area contributed by atoms with E-state index in [1.807, 2.05) is 88.7 Å². The first kappa shape index (κ1) is 29.0. The molecular weight excluding hydrogens is 610 g/mol. The molecule has 7 aromatic carbocycles. The van der Waals surface area contributed by atoms with Gasteiger partial charge in [0.25, 0.3) is 0 Å². The van der Waals surface area contributed by atoms with E-state index in [4.69, 9.17) is 4.42 Å². The average molecular weight is 641 g/mol. The highest BCUT2D eigenvalue weighted by molar-refractivity contribution is 6.14. The Balaban J connectivity index is 1.16. The van der Waals surface area contributed by atoms with Gasteiger partial charge in [0.05, 0.1) is 11.4 Å². The lowest BCUT2D eigenvalue weighted by Crippen LogP contribution is -2.18. The molecule has 0 bridgehead atoms. The van der Waals surface area contributed by atoms with Crippen LogP contribution in [-0.4, -0.2) is 0 Å². The number of fused-ring (bicyclic) bond motifs is 5. The fourth-order valence-corrected chi connectivity index (χ4v) is 6.99. The Hall–Kier alpha value is -6.20. The lowest BCUT2D eigenvalue weighted by Gasteiger charge is -2.28. The summed E-state index contributed by atoms with van der Waals surface area (Å²) in [6.45, 7) is 0. The number of rotatable bonds is 6. The van der Waals surface area contributed by atoms with Crippen molar-refractivity contribution in [3.05, 3.63) is 175 Å². The van der Waals surface area contributed by atoms with Gasteiger partial charge >= 0.3 is 0 Å². The summed E-state index contributed by atoms with van der Waals surface area (Å²) in [6, 6.07) is 47.5. The summed E-state index contributed by atoms with van der Waals surface area (Å²) in [5.74, 6) is -0.502. The molecule has 0 atom stereocenters. The number of para-hydroxylation sites is 3. The van der Waals surface area contributed by atoms with Crippen molar-refractivity contribution in [1.29, 1.82) is 0 Å². The molecule has 1 heterocycles. The van der Waals surface area contributed by atoms with Crippen molar-refractivity contribution in [2.75, 3.05) is 9.80 Å². The number of allylic oxidation sites excluding steroid dienone is 3. The van der Waals surface area contributed by atoms with Gasteiger partial charge in [-0.1, -0.05) is 66.7 Å². The van der Waals surface area contributed by atoms with Gasteiger partial charge in [-0.3, -0.25) is 0 Å². The largest absolute Gasteiger partial charge is 0.456 e. The van der Waals surface area contributed by atoms with E-state index in [1.54, 1.807) is 18.2 Å². The van der Waals surface area contributed by atoms with Gasteiger partial charge in [0.15, 0.2) is 0 Å². The molecule has 0 saturated carbocycles. The molecule has 3 nitrogen and oxygen atoms in total. The predicted octanol–water partition coefficient (Wildman–Crippen LogP) is 13.2. The maximum absolute atomic E-state index is 15.2. The van der Waals surface area contributed by atoms with E-state index in [2.05, 4.69) is 54.6 Å². The van der Waals surface area contributed by atoms with E-state index < -0.39 is 0 Å². The van der Waals surface area contributed by atoms with E-state index in [1.165, 1.54) is 6.07 Å². The van der Waals surface area contributed by atoms with Gasteiger partial charge in [-0.15, -0.1) is 0 Å². The molecule has 0 unspecified atom stereocenters. The second-order valence-corrected chi connectivity index (χ2v) is 12.4. The Morgan fingerprint density at radius 2 is 0.980 bits per heavy atom. The van der Waals surface area contributed by atoms with Gasteiger partial charge < -0.3 is 14.2 Å². The van der Waals surface area contributed by atoms with Gasteiger partial charge in [-0.25, -0.2) is 8.78 Å². The van der Waals surface area contributed by atoms with Crippen molar-refractivity contribution in [2.45, 2.75) is 12.8 Å². The fraction of sp³-hybridized carbons (Fsp3) is 0.0455. The van der Waals surface area contributed by atoms with E-state index in [0.29, 0.717) is 17.8 Å². The normalized spacial score (nSPS) is 13.2. The molecule has 8 aromatic rings. The Labute approximate surface area is 282 Å². The smallest absolute Gasteiger partial charge is 0.147 e. The summed E-state index contributed by atoms with van der Waals surface area (Å²) in [5.41, 5.74) is 6.09. The second-order valence-electron chi connectivity index (χ2n) is 12.4. The molecule has 0 radical (unpaired) electrons. The molecule has 49 heavy (non-hydrogen) atoms. The summed E-state index contributed by atoms with van der Waals surface area (Å²) < 4.78 is 36.9. The van der Waals surface area contributed by atoms with Crippen LogP contribution in [0, 0.1) is 5.82 Å². The van der Waals surface area contributed by atoms with Crippen LogP contribution in [0.1, 0.15) is 12.8 Å². The van der Waals surface area contributed by atoms with Gasteiger partial charge in [0.2, 0.25) is 0 Å². The van der Waals surface area contributed by atoms with Crippen molar-refractivity contribution in [2.24, 2.45) is 0 Å². The first-order valence-electron chi connectivity index (χ1n) is 16.5. The molecule has 0 aliphatic heterocycles. The van der Waals surface area contributed by atoms with E-state index in [9.17, 15) is 0 Å². The summed E-state index contributed by atoms with van der Waals surface area (Å²) in [4.78, 5) is 3.92. The molecule has 0 fully saturated rings. The molecule has 5 heteroatoms. The zero-order valence-corrected chi connectivity index (χ0v) is 26.5. The van der Waals surface area contributed by atoms with E-state index in [-0.39, 0.29) is 11.6 Å². The van der Waals surface area contributed by atoms with Gasteiger partial charge in [0.1, 0.15) is 22.8 Å². The van der Waals surface area contributed by atoms with Gasteiger partial charge in [-0.2, -0.15) is 0 Å². The topological polar surface area (TPSA) is 19.6 Å². The van der Waals surface area contributed by atoms with Gasteiger partial charge in [0, 0.05) is 33.5 Å². The van der Waals surface area contributed by atoms with Crippen LogP contribution in [0.3, 0.4) is 0 Å². The average Bonchev–Trinajstić information content (AvgIpc) is 3.48. The molecule has 0 spiro atoms. The highest BCUT2D eigenvalue weighted by Crippen LogP contribution is 2.41. The number of hydrogen-bond acceptors (Lipinski definition) is 3. The van der Waals surface area contributed by atoms with Crippen LogP contribution in [0.4, 0.5) is 37.2 Å². The standard InChI is InChI=1S/C44H30F2N2O/c45-39-15-7-9-17-41(39)47(33-11-3-1-4-12-33)35-21-19-29-25-37-38-26-30-20-22-36(24-32(30)28-44(38)49-43(37)27-31(29)23-35)48(34-13-5-2-6-14-34)42-18-10-8-16-40(42)46/h1-7,9,11-28H,8,10H2. The number of furan rings is 1. The number of hydrogen-bond donors (Lipinski definition) is 0. The second kappa shape index (κ2) is 11.8. The molecule has 1 aliphatic carbocycles. The summed E-state index contributed by atoms with van der Waals surface area (Å²) in [6.07, 6.45) is 5.13. The summed E-state index contributed by atoms with van der Waals surface area (Å²) in [5, 5.41) is 6.18. The summed E-state index contributed by atoms with van der Waals surface area (Å²) in [7, 11) is 0. The first-order valence-corrected chi connectivity index (χ1v) is 16.5. The third-order valence-corrected chi connectivity index (χ3v) is 9.31. The highest BCUT2D eigenvalue weighted by Gasteiger charge is 2.21. The zero-order valence-electron chi connectivity index (χ0n) is 26.5. The Morgan fingerprint density at radius 3 is 1.57 bits per heavy atom.